The molecule has 4 heteroatoms. The van der Waals surface area contributed by atoms with Gasteiger partial charge in [0.15, 0.2) is 0 Å². The number of aromatic nitrogens is 2. The Labute approximate surface area is 140 Å². The monoisotopic (exact) mass is 320 g/mol. The Hall–Kier alpha value is -2.62. The van der Waals surface area contributed by atoms with Crippen molar-refractivity contribution >= 4 is 0 Å². The SMILES string of the molecule is O=c1cc(-n2cnc(-c3ccccc3)c2)cc(C2CCCCC2)o1. The summed E-state index contributed by atoms with van der Waals surface area (Å²) in [6, 6.07) is 13.5. The lowest BCUT2D eigenvalue weighted by atomic mass is 9.87. The van der Waals surface area contributed by atoms with Gasteiger partial charge in [0.25, 0.3) is 0 Å². The summed E-state index contributed by atoms with van der Waals surface area (Å²) in [5.41, 5.74) is 2.49. The van der Waals surface area contributed by atoms with E-state index in [4.69, 9.17) is 4.42 Å². The van der Waals surface area contributed by atoms with E-state index in [2.05, 4.69) is 4.98 Å². The highest BCUT2D eigenvalue weighted by molar-refractivity contribution is 5.58. The summed E-state index contributed by atoms with van der Waals surface area (Å²) in [7, 11) is 0. The van der Waals surface area contributed by atoms with Gasteiger partial charge in [0.2, 0.25) is 0 Å². The number of benzene rings is 1. The minimum Gasteiger partial charge on any atom is -0.427 e. The number of hydrogen-bond donors (Lipinski definition) is 0. The molecule has 3 aromatic rings. The quantitative estimate of drug-likeness (QED) is 0.712. The fourth-order valence-corrected chi connectivity index (χ4v) is 3.44. The molecule has 2 aromatic heterocycles. The van der Waals surface area contributed by atoms with Crippen LogP contribution in [0.2, 0.25) is 0 Å². The van der Waals surface area contributed by atoms with Crippen molar-refractivity contribution in [3.8, 4) is 16.9 Å². The molecule has 0 atom stereocenters. The van der Waals surface area contributed by atoms with Crippen molar-refractivity contribution in [1.82, 2.24) is 9.55 Å². The lowest BCUT2D eigenvalue weighted by Crippen LogP contribution is -2.10. The molecule has 2 heterocycles. The molecule has 24 heavy (non-hydrogen) atoms. The zero-order valence-corrected chi connectivity index (χ0v) is 13.5. The lowest BCUT2D eigenvalue weighted by molar-refractivity contribution is 0.355. The highest BCUT2D eigenvalue weighted by Gasteiger charge is 2.19. The van der Waals surface area contributed by atoms with Crippen LogP contribution in [0.15, 0.2) is 64.2 Å². The van der Waals surface area contributed by atoms with Crippen LogP contribution in [0.5, 0.6) is 0 Å². The van der Waals surface area contributed by atoms with E-state index < -0.39 is 0 Å². The Balaban J connectivity index is 1.68. The van der Waals surface area contributed by atoms with Crippen LogP contribution < -0.4 is 5.63 Å². The molecule has 1 aliphatic carbocycles. The second kappa shape index (κ2) is 6.48. The summed E-state index contributed by atoms with van der Waals surface area (Å²) in [5, 5.41) is 0. The Morgan fingerprint density at radius 1 is 1.04 bits per heavy atom. The Kier molecular flexibility index (Phi) is 4.03. The molecule has 1 aromatic carbocycles. The van der Waals surface area contributed by atoms with Crippen LogP contribution in [0, 0.1) is 0 Å². The predicted octanol–water partition coefficient (Wildman–Crippen LogP) is 4.54. The van der Waals surface area contributed by atoms with E-state index in [0.29, 0.717) is 5.92 Å². The summed E-state index contributed by atoms with van der Waals surface area (Å²) in [6.07, 6.45) is 9.61. The first-order chi connectivity index (χ1) is 11.8. The second-order valence-electron chi connectivity index (χ2n) is 6.40. The Morgan fingerprint density at radius 2 is 1.83 bits per heavy atom. The molecule has 0 amide bonds. The van der Waals surface area contributed by atoms with Gasteiger partial charge in [0.1, 0.15) is 5.76 Å². The molecule has 122 valence electrons. The van der Waals surface area contributed by atoms with Crippen molar-refractivity contribution in [2.45, 2.75) is 38.0 Å². The van der Waals surface area contributed by atoms with Gasteiger partial charge >= 0.3 is 5.63 Å². The second-order valence-corrected chi connectivity index (χ2v) is 6.40. The van der Waals surface area contributed by atoms with Gasteiger partial charge in [0.05, 0.1) is 17.7 Å². The van der Waals surface area contributed by atoms with E-state index in [9.17, 15) is 4.79 Å². The highest BCUT2D eigenvalue weighted by atomic mass is 16.4. The minimum absolute atomic E-state index is 0.289. The van der Waals surface area contributed by atoms with E-state index >= 15 is 0 Å². The number of nitrogens with zero attached hydrogens (tertiary/aromatic N) is 2. The van der Waals surface area contributed by atoms with Crippen LogP contribution in [0.4, 0.5) is 0 Å². The standard InChI is InChI=1S/C20H20N2O2/c23-20-12-17(11-19(24-20)16-9-5-2-6-10-16)22-13-18(21-14-22)15-7-3-1-4-8-15/h1,3-4,7-8,11-14,16H,2,5-6,9-10H2. The van der Waals surface area contributed by atoms with Crippen molar-refractivity contribution in [3.63, 3.8) is 0 Å². The first-order valence-electron chi connectivity index (χ1n) is 8.54. The number of hydrogen-bond acceptors (Lipinski definition) is 3. The van der Waals surface area contributed by atoms with Crippen molar-refractivity contribution in [2.75, 3.05) is 0 Å². The summed E-state index contributed by atoms with van der Waals surface area (Å²) in [5.74, 6) is 1.18. The molecule has 0 saturated heterocycles. The van der Waals surface area contributed by atoms with Gasteiger partial charge in [-0.3, -0.25) is 0 Å². The summed E-state index contributed by atoms with van der Waals surface area (Å²) in [6.45, 7) is 0. The average Bonchev–Trinajstić information content (AvgIpc) is 3.13. The van der Waals surface area contributed by atoms with Gasteiger partial charge in [-0.25, -0.2) is 9.78 Å². The maximum absolute atomic E-state index is 12.0. The van der Waals surface area contributed by atoms with Crippen LogP contribution in [-0.2, 0) is 0 Å². The molecule has 0 radical (unpaired) electrons. The summed E-state index contributed by atoms with van der Waals surface area (Å²) in [4.78, 5) is 16.5. The fourth-order valence-electron chi connectivity index (χ4n) is 3.44. The van der Waals surface area contributed by atoms with Crippen LogP contribution in [0.1, 0.15) is 43.8 Å². The van der Waals surface area contributed by atoms with Gasteiger partial charge in [-0.2, -0.15) is 0 Å². The smallest absolute Gasteiger partial charge is 0.337 e. The number of rotatable bonds is 3. The van der Waals surface area contributed by atoms with E-state index in [1.807, 2.05) is 47.2 Å². The third-order valence-electron chi connectivity index (χ3n) is 4.73. The van der Waals surface area contributed by atoms with E-state index in [1.54, 1.807) is 6.33 Å². The van der Waals surface area contributed by atoms with E-state index in [-0.39, 0.29) is 5.63 Å². The zero-order valence-electron chi connectivity index (χ0n) is 13.5. The molecule has 1 aliphatic rings. The molecule has 4 rings (SSSR count). The molecule has 0 bridgehead atoms. The van der Waals surface area contributed by atoms with Crippen LogP contribution in [0.25, 0.3) is 16.9 Å². The van der Waals surface area contributed by atoms with Crippen molar-refractivity contribution in [2.24, 2.45) is 0 Å². The zero-order chi connectivity index (χ0) is 16.4. The molecular formula is C20H20N2O2. The van der Waals surface area contributed by atoms with Crippen LogP contribution in [-0.4, -0.2) is 9.55 Å². The largest absolute Gasteiger partial charge is 0.427 e. The molecule has 1 saturated carbocycles. The molecule has 0 N–H and O–H groups in total. The number of imidazole rings is 1. The predicted molar refractivity (Wildman–Crippen MR) is 93.4 cm³/mol. The molecule has 0 spiro atoms. The molecule has 4 nitrogen and oxygen atoms in total. The first kappa shape index (κ1) is 14.9. The Morgan fingerprint density at radius 3 is 2.62 bits per heavy atom. The van der Waals surface area contributed by atoms with Crippen molar-refractivity contribution in [1.29, 1.82) is 0 Å². The topological polar surface area (TPSA) is 48.0 Å². The first-order valence-corrected chi connectivity index (χ1v) is 8.54. The summed E-state index contributed by atoms with van der Waals surface area (Å²) < 4.78 is 7.38. The third kappa shape index (κ3) is 3.04. The van der Waals surface area contributed by atoms with Gasteiger partial charge < -0.3 is 8.98 Å². The van der Waals surface area contributed by atoms with Gasteiger partial charge in [-0.15, -0.1) is 0 Å². The summed E-state index contributed by atoms with van der Waals surface area (Å²) >= 11 is 0. The van der Waals surface area contributed by atoms with Gasteiger partial charge in [0, 0.05) is 29.8 Å². The molecular weight excluding hydrogens is 300 g/mol. The normalized spacial score (nSPS) is 15.5. The molecule has 1 fully saturated rings. The maximum atomic E-state index is 12.0. The maximum Gasteiger partial charge on any atom is 0.337 e. The Bertz CT molecular complexity index is 874. The minimum atomic E-state index is -0.289. The van der Waals surface area contributed by atoms with Crippen LogP contribution >= 0.6 is 0 Å². The highest BCUT2D eigenvalue weighted by Crippen LogP contribution is 2.32. The van der Waals surface area contributed by atoms with Crippen LogP contribution in [0.3, 0.4) is 0 Å². The van der Waals surface area contributed by atoms with Crippen molar-refractivity contribution < 1.29 is 4.42 Å². The lowest BCUT2D eigenvalue weighted by Gasteiger charge is -2.20. The third-order valence-corrected chi connectivity index (χ3v) is 4.73. The van der Waals surface area contributed by atoms with E-state index in [0.717, 1.165) is 35.5 Å². The molecule has 0 aliphatic heterocycles. The fraction of sp³-hybridized carbons (Fsp3) is 0.300. The van der Waals surface area contributed by atoms with Gasteiger partial charge in [-0.1, -0.05) is 49.6 Å². The van der Waals surface area contributed by atoms with E-state index in [1.165, 1.54) is 25.3 Å². The average molecular weight is 320 g/mol. The van der Waals surface area contributed by atoms with Gasteiger partial charge in [-0.05, 0) is 12.8 Å². The molecule has 0 unspecified atom stereocenters. The van der Waals surface area contributed by atoms with Crippen molar-refractivity contribution in [3.05, 3.63) is 71.2 Å².